The van der Waals surface area contributed by atoms with E-state index in [1.54, 1.807) is 0 Å². The van der Waals surface area contributed by atoms with E-state index in [0.717, 1.165) is 36.8 Å². The van der Waals surface area contributed by atoms with Crippen LogP contribution in [0.1, 0.15) is 35.4 Å². The minimum atomic E-state index is -3.21. The lowest BCUT2D eigenvalue weighted by molar-refractivity contribution is -0.116. The van der Waals surface area contributed by atoms with Crippen LogP contribution in [0.4, 0.5) is 0 Å². The highest BCUT2D eigenvalue weighted by molar-refractivity contribution is 7.88. The molecule has 128 valence electrons. The largest absolute Gasteiger partial charge is 0.368 e. The predicted molar refractivity (Wildman–Crippen MR) is 89.1 cm³/mol. The highest BCUT2D eigenvalue weighted by Crippen LogP contribution is 2.37. The van der Waals surface area contributed by atoms with Crippen LogP contribution < -0.4 is 4.72 Å². The monoisotopic (exact) mass is 358 g/mol. The summed E-state index contributed by atoms with van der Waals surface area (Å²) in [5, 5.41) is 1.91. The maximum atomic E-state index is 12.5. The minimum absolute atomic E-state index is 0.0665. The molecule has 3 heterocycles. The highest BCUT2D eigenvalue weighted by atomic mass is 32.2. The van der Waals surface area contributed by atoms with Gasteiger partial charge in [-0.25, -0.2) is 13.1 Å². The first-order valence-corrected chi connectivity index (χ1v) is 10.6. The topological polar surface area (TPSA) is 75.7 Å². The second-order valence-corrected chi connectivity index (χ2v) is 9.17. The summed E-state index contributed by atoms with van der Waals surface area (Å²) in [6, 6.07) is 3.73. The molecule has 0 radical (unpaired) electrons. The van der Waals surface area contributed by atoms with Crippen molar-refractivity contribution in [2.75, 3.05) is 25.9 Å². The van der Waals surface area contributed by atoms with E-state index in [0.29, 0.717) is 19.6 Å². The van der Waals surface area contributed by atoms with Gasteiger partial charge in [0.05, 0.1) is 29.4 Å². The summed E-state index contributed by atoms with van der Waals surface area (Å²) in [5.41, 5.74) is -0.310. The first kappa shape index (κ1) is 16.9. The van der Waals surface area contributed by atoms with Gasteiger partial charge in [0.15, 0.2) is 0 Å². The highest BCUT2D eigenvalue weighted by Gasteiger charge is 2.44. The Kier molecular flexibility index (Phi) is 4.78. The molecule has 3 rings (SSSR count). The molecule has 23 heavy (non-hydrogen) atoms. The molecule has 0 aromatic carbocycles. The third-order valence-corrected chi connectivity index (χ3v) is 6.03. The number of carbonyl (C=O) groups excluding carboxylic acids is 1. The van der Waals surface area contributed by atoms with Crippen molar-refractivity contribution >= 4 is 27.3 Å². The zero-order valence-corrected chi connectivity index (χ0v) is 14.8. The van der Waals surface area contributed by atoms with Crippen molar-refractivity contribution in [3.63, 3.8) is 0 Å². The zero-order chi connectivity index (χ0) is 16.5. The molecule has 1 amide bonds. The molecule has 2 saturated heterocycles. The summed E-state index contributed by atoms with van der Waals surface area (Å²) in [5.74, 6) is 0.0665. The molecule has 0 aliphatic carbocycles. The summed E-state index contributed by atoms with van der Waals surface area (Å²) < 4.78 is 31.2. The van der Waals surface area contributed by atoms with Crippen LogP contribution in [0, 0.1) is 0 Å². The normalized spacial score (nSPS) is 28.4. The van der Waals surface area contributed by atoms with E-state index in [1.165, 1.54) is 11.3 Å². The molecule has 2 atom stereocenters. The van der Waals surface area contributed by atoms with Crippen molar-refractivity contribution in [2.45, 2.75) is 37.4 Å². The lowest BCUT2D eigenvalue weighted by Gasteiger charge is -2.38. The van der Waals surface area contributed by atoms with Gasteiger partial charge < -0.3 is 9.64 Å². The van der Waals surface area contributed by atoms with Gasteiger partial charge in [-0.1, -0.05) is 6.07 Å². The van der Waals surface area contributed by atoms with Gasteiger partial charge in [0, 0.05) is 13.1 Å². The standard InChI is InChI=1S/C15H22N2O4S2/c1-23(19,20)16-10-12-4-2-6-15(21-12)7-8-17(11-15)14(18)13-5-3-9-22-13/h3,5,9,12,16H,2,4,6-8,10-11H2,1H3/t12-,15-/m1/s1. The Morgan fingerprint density at radius 3 is 3.04 bits per heavy atom. The molecule has 2 aliphatic rings. The molecule has 1 spiro atoms. The zero-order valence-electron chi connectivity index (χ0n) is 13.2. The molecule has 0 unspecified atom stereocenters. The Morgan fingerprint density at radius 1 is 1.52 bits per heavy atom. The molecular formula is C15H22N2O4S2. The van der Waals surface area contributed by atoms with E-state index in [4.69, 9.17) is 4.74 Å². The summed E-state index contributed by atoms with van der Waals surface area (Å²) in [7, 11) is -3.21. The van der Waals surface area contributed by atoms with Crippen LogP contribution in [0.25, 0.3) is 0 Å². The second kappa shape index (κ2) is 6.51. The Hall–Kier alpha value is -0.960. The molecule has 1 aromatic heterocycles. The van der Waals surface area contributed by atoms with Crippen LogP contribution in [0.2, 0.25) is 0 Å². The van der Waals surface area contributed by atoms with Crippen molar-refractivity contribution in [3.05, 3.63) is 22.4 Å². The van der Waals surface area contributed by atoms with Crippen LogP contribution in [-0.4, -0.2) is 56.8 Å². The predicted octanol–water partition coefficient (Wildman–Crippen LogP) is 1.45. The molecular weight excluding hydrogens is 336 g/mol. The van der Waals surface area contributed by atoms with Crippen LogP contribution in [0.3, 0.4) is 0 Å². The lowest BCUT2D eigenvalue weighted by Crippen LogP contribution is -2.47. The average molecular weight is 358 g/mol. The molecule has 1 aromatic rings. The fraction of sp³-hybridized carbons (Fsp3) is 0.667. The number of sulfonamides is 1. The van der Waals surface area contributed by atoms with Gasteiger partial charge >= 0.3 is 0 Å². The molecule has 2 fully saturated rings. The summed E-state index contributed by atoms with van der Waals surface area (Å²) in [6.45, 7) is 1.60. The van der Waals surface area contributed by atoms with Crippen molar-refractivity contribution < 1.29 is 17.9 Å². The van der Waals surface area contributed by atoms with E-state index in [2.05, 4.69) is 4.72 Å². The number of nitrogens with one attached hydrogen (secondary N) is 1. The number of rotatable bonds is 4. The maximum absolute atomic E-state index is 12.5. The molecule has 6 nitrogen and oxygen atoms in total. The van der Waals surface area contributed by atoms with E-state index >= 15 is 0 Å². The summed E-state index contributed by atoms with van der Waals surface area (Å²) >= 11 is 1.46. The Morgan fingerprint density at radius 2 is 2.35 bits per heavy atom. The number of hydrogen-bond acceptors (Lipinski definition) is 5. The van der Waals surface area contributed by atoms with Crippen LogP contribution in [0.5, 0.6) is 0 Å². The number of hydrogen-bond donors (Lipinski definition) is 1. The average Bonchev–Trinajstić information content (AvgIpc) is 3.14. The van der Waals surface area contributed by atoms with E-state index in [-0.39, 0.29) is 17.6 Å². The molecule has 0 saturated carbocycles. The minimum Gasteiger partial charge on any atom is -0.368 e. The molecule has 8 heteroatoms. The molecule has 1 N–H and O–H groups in total. The Bertz CT molecular complexity index is 659. The first-order chi connectivity index (χ1) is 10.9. The van der Waals surface area contributed by atoms with Gasteiger partial charge in [-0.3, -0.25) is 4.79 Å². The fourth-order valence-corrected chi connectivity index (χ4v) is 4.57. The number of nitrogens with zero attached hydrogens (tertiary/aromatic N) is 1. The first-order valence-electron chi connectivity index (χ1n) is 7.82. The van der Waals surface area contributed by atoms with Gasteiger partial charge in [0.25, 0.3) is 5.91 Å². The van der Waals surface area contributed by atoms with Gasteiger partial charge in [-0.05, 0) is 37.1 Å². The molecule has 2 aliphatic heterocycles. The Balaban J connectivity index is 1.61. The SMILES string of the molecule is CS(=O)(=O)NC[C@H]1CCC[C@]2(CCN(C(=O)c3cccs3)C2)O1. The van der Waals surface area contributed by atoms with Crippen LogP contribution in [0.15, 0.2) is 17.5 Å². The van der Waals surface area contributed by atoms with E-state index in [9.17, 15) is 13.2 Å². The number of amides is 1. The Labute approximate surface area is 140 Å². The number of thiophene rings is 1. The smallest absolute Gasteiger partial charge is 0.264 e. The fourth-order valence-electron chi connectivity index (χ4n) is 3.39. The second-order valence-electron chi connectivity index (χ2n) is 6.39. The maximum Gasteiger partial charge on any atom is 0.264 e. The number of ether oxygens (including phenoxy) is 1. The van der Waals surface area contributed by atoms with Gasteiger partial charge in [-0.2, -0.15) is 0 Å². The van der Waals surface area contributed by atoms with E-state index < -0.39 is 10.0 Å². The number of carbonyl (C=O) groups is 1. The van der Waals surface area contributed by atoms with Crippen molar-refractivity contribution in [3.8, 4) is 0 Å². The van der Waals surface area contributed by atoms with Crippen LogP contribution >= 0.6 is 11.3 Å². The number of likely N-dealkylation sites (tertiary alicyclic amines) is 1. The van der Waals surface area contributed by atoms with Gasteiger partial charge in [0.1, 0.15) is 0 Å². The summed E-state index contributed by atoms with van der Waals surface area (Å²) in [4.78, 5) is 15.1. The summed E-state index contributed by atoms with van der Waals surface area (Å²) in [6.07, 6.45) is 4.63. The third kappa shape index (κ3) is 4.12. The third-order valence-electron chi connectivity index (χ3n) is 4.48. The lowest BCUT2D eigenvalue weighted by atomic mass is 9.90. The van der Waals surface area contributed by atoms with Crippen molar-refractivity contribution in [2.24, 2.45) is 0 Å². The van der Waals surface area contributed by atoms with Gasteiger partial charge in [0.2, 0.25) is 10.0 Å². The van der Waals surface area contributed by atoms with Crippen molar-refractivity contribution in [1.82, 2.24) is 9.62 Å². The van der Waals surface area contributed by atoms with Gasteiger partial charge in [-0.15, -0.1) is 11.3 Å². The molecule has 0 bridgehead atoms. The van der Waals surface area contributed by atoms with E-state index in [1.807, 2.05) is 22.4 Å². The van der Waals surface area contributed by atoms with Crippen molar-refractivity contribution in [1.29, 1.82) is 0 Å². The van der Waals surface area contributed by atoms with Crippen LogP contribution in [-0.2, 0) is 14.8 Å². The quantitative estimate of drug-likeness (QED) is 0.884.